The van der Waals surface area contributed by atoms with Gasteiger partial charge in [-0.3, -0.25) is 4.79 Å². The van der Waals surface area contributed by atoms with E-state index in [1.54, 1.807) is 12.1 Å². The molecular weight excluding hydrogens is 340 g/mol. The first-order chi connectivity index (χ1) is 13.0. The van der Waals surface area contributed by atoms with Gasteiger partial charge in [0.25, 0.3) is 0 Å². The lowest BCUT2D eigenvalue weighted by atomic mass is 9.96. The zero-order valence-electron chi connectivity index (χ0n) is 16.3. The molecule has 146 valence electrons. The zero-order valence-corrected chi connectivity index (χ0v) is 16.3. The first-order valence-corrected chi connectivity index (χ1v) is 9.74. The predicted molar refractivity (Wildman–Crippen MR) is 106 cm³/mol. The van der Waals surface area contributed by atoms with Crippen molar-refractivity contribution in [1.29, 1.82) is 0 Å². The molecule has 1 unspecified atom stereocenters. The number of phenols is 1. The summed E-state index contributed by atoms with van der Waals surface area (Å²) in [5.41, 5.74) is 0.935. The van der Waals surface area contributed by atoms with Crippen molar-refractivity contribution in [2.24, 2.45) is 0 Å². The molecule has 6 heteroatoms. The van der Waals surface area contributed by atoms with Crippen molar-refractivity contribution in [2.75, 3.05) is 33.7 Å². The summed E-state index contributed by atoms with van der Waals surface area (Å²) in [7, 11) is 4.18. The first kappa shape index (κ1) is 19.4. The van der Waals surface area contributed by atoms with Crippen LogP contribution in [0.4, 0.5) is 0 Å². The molecule has 0 spiro atoms. The Hall–Kier alpha value is -2.34. The molecule has 1 atom stereocenters. The molecule has 1 aromatic heterocycles. The largest absolute Gasteiger partial charge is 0.508 e. The number of aromatic nitrogens is 2. The van der Waals surface area contributed by atoms with Crippen LogP contribution < -0.4 is 0 Å². The van der Waals surface area contributed by atoms with Gasteiger partial charge in [0.15, 0.2) is 0 Å². The Balaban J connectivity index is 1.60. The maximum Gasteiger partial charge on any atom is 0.227 e. The van der Waals surface area contributed by atoms with Crippen LogP contribution in [-0.4, -0.2) is 64.1 Å². The van der Waals surface area contributed by atoms with Crippen molar-refractivity contribution in [3.8, 4) is 5.75 Å². The average molecular weight is 370 g/mol. The van der Waals surface area contributed by atoms with Gasteiger partial charge in [-0.25, -0.2) is 4.98 Å². The number of phenolic OH excluding ortho intramolecular Hbond substituents is 1. The van der Waals surface area contributed by atoms with Gasteiger partial charge in [0.05, 0.1) is 6.42 Å². The summed E-state index contributed by atoms with van der Waals surface area (Å²) in [6.07, 6.45) is 7.49. The lowest BCUT2D eigenvalue weighted by Crippen LogP contribution is -2.40. The topological polar surface area (TPSA) is 61.6 Å². The molecule has 6 nitrogen and oxygen atoms in total. The molecule has 27 heavy (non-hydrogen) atoms. The van der Waals surface area contributed by atoms with E-state index in [9.17, 15) is 9.90 Å². The number of carbonyl (C=O) groups is 1. The number of likely N-dealkylation sites (tertiary alicyclic amines) is 1. The van der Waals surface area contributed by atoms with E-state index >= 15 is 0 Å². The molecule has 1 aliphatic heterocycles. The fourth-order valence-electron chi connectivity index (χ4n) is 3.74. The summed E-state index contributed by atoms with van der Waals surface area (Å²) in [5, 5.41) is 9.39. The lowest BCUT2D eigenvalue weighted by molar-refractivity contribution is -0.131. The molecule has 2 heterocycles. The zero-order chi connectivity index (χ0) is 19.2. The second kappa shape index (κ2) is 9.04. The number of imidazole rings is 1. The van der Waals surface area contributed by atoms with E-state index in [1.807, 2.05) is 23.2 Å². The fourth-order valence-corrected chi connectivity index (χ4v) is 3.74. The quantitative estimate of drug-likeness (QED) is 0.813. The maximum atomic E-state index is 12.7. The highest BCUT2D eigenvalue weighted by Gasteiger charge is 2.27. The van der Waals surface area contributed by atoms with Gasteiger partial charge in [-0.2, -0.15) is 0 Å². The third-order valence-corrected chi connectivity index (χ3v) is 5.18. The Labute approximate surface area is 161 Å². The van der Waals surface area contributed by atoms with Gasteiger partial charge < -0.3 is 19.5 Å². The molecule has 1 fully saturated rings. The van der Waals surface area contributed by atoms with Crippen molar-refractivity contribution in [3.05, 3.63) is 48.0 Å². The lowest BCUT2D eigenvalue weighted by Gasteiger charge is -2.33. The number of aromatic hydroxyl groups is 1. The van der Waals surface area contributed by atoms with E-state index in [2.05, 4.69) is 34.7 Å². The van der Waals surface area contributed by atoms with Crippen LogP contribution in [0.15, 0.2) is 36.7 Å². The molecule has 0 aliphatic carbocycles. The monoisotopic (exact) mass is 370 g/mol. The number of carbonyl (C=O) groups excluding carboxylic acids is 1. The summed E-state index contributed by atoms with van der Waals surface area (Å²) in [4.78, 5) is 21.5. The molecule has 1 amide bonds. The smallest absolute Gasteiger partial charge is 0.227 e. The minimum Gasteiger partial charge on any atom is -0.508 e. The van der Waals surface area contributed by atoms with Crippen LogP contribution in [0.2, 0.25) is 0 Å². The summed E-state index contributed by atoms with van der Waals surface area (Å²) >= 11 is 0. The molecule has 3 rings (SSSR count). The van der Waals surface area contributed by atoms with Crippen molar-refractivity contribution >= 4 is 5.91 Å². The molecular formula is C21H30N4O2. The molecule has 1 saturated heterocycles. The minimum atomic E-state index is 0.149. The third-order valence-electron chi connectivity index (χ3n) is 5.18. The van der Waals surface area contributed by atoms with Crippen LogP contribution in [0.3, 0.4) is 0 Å². The van der Waals surface area contributed by atoms with Crippen LogP contribution in [0.1, 0.15) is 36.6 Å². The van der Waals surface area contributed by atoms with E-state index in [4.69, 9.17) is 0 Å². The summed E-state index contributed by atoms with van der Waals surface area (Å²) in [5.74, 6) is 1.79. The van der Waals surface area contributed by atoms with Crippen LogP contribution in [0.5, 0.6) is 5.75 Å². The molecule has 0 bridgehead atoms. The second-order valence-corrected chi connectivity index (χ2v) is 7.66. The number of nitrogens with zero attached hydrogens (tertiary/aromatic N) is 4. The van der Waals surface area contributed by atoms with Gasteiger partial charge in [0.2, 0.25) is 5.91 Å². The highest BCUT2D eigenvalue weighted by atomic mass is 16.3. The van der Waals surface area contributed by atoms with Crippen LogP contribution in [0.25, 0.3) is 0 Å². The summed E-state index contributed by atoms with van der Waals surface area (Å²) < 4.78 is 2.25. The number of amides is 1. The summed E-state index contributed by atoms with van der Waals surface area (Å²) in [6.45, 7) is 3.57. The van der Waals surface area contributed by atoms with Crippen LogP contribution in [0, 0.1) is 0 Å². The number of hydrogen-bond donors (Lipinski definition) is 1. The Kier molecular flexibility index (Phi) is 6.50. The second-order valence-electron chi connectivity index (χ2n) is 7.66. The number of rotatable bonds is 7. The van der Waals surface area contributed by atoms with Gasteiger partial charge in [-0.05, 0) is 57.6 Å². The first-order valence-electron chi connectivity index (χ1n) is 9.74. The van der Waals surface area contributed by atoms with E-state index in [1.165, 1.54) is 0 Å². The average Bonchev–Trinajstić information content (AvgIpc) is 3.12. The highest BCUT2D eigenvalue weighted by molar-refractivity contribution is 5.79. The van der Waals surface area contributed by atoms with Crippen molar-refractivity contribution in [2.45, 2.75) is 38.1 Å². The van der Waals surface area contributed by atoms with Gasteiger partial charge in [-0.1, -0.05) is 12.1 Å². The standard InChI is InChI=1S/C21H30N4O2/c1-23(2)11-4-13-24-14-10-22-21(24)18-5-3-12-25(16-18)20(27)15-17-6-8-19(26)9-7-17/h6-10,14,18,26H,3-5,11-13,15-16H2,1-2H3. The van der Waals surface area contributed by atoms with Gasteiger partial charge >= 0.3 is 0 Å². The molecule has 2 aromatic rings. The van der Waals surface area contributed by atoms with Gasteiger partial charge in [0, 0.05) is 37.9 Å². The van der Waals surface area contributed by atoms with E-state index in [0.29, 0.717) is 12.3 Å². The fraction of sp³-hybridized carbons (Fsp3) is 0.524. The number of piperidine rings is 1. The van der Waals surface area contributed by atoms with E-state index < -0.39 is 0 Å². The Bertz CT molecular complexity index is 739. The highest BCUT2D eigenvalue weighted by Crippen LogP contribution is 2.26. The van der Waals surface area contributed by atoms with Gasteiger partial charge in [0.1, 0.15) is 11.6 Å². The Morgan fingerprint density at radius 3 is 2.81 bits per heavy atom. The maximum absolute atomic E-state index is 12.7. The molecule has 1 N–H and O–H groups in total. The van der Waals surface area contributed by atoms with Crippen molar-refractivity contribution in [3.63, 3.8) is 0 Å². The number of aryl methyl sites for hydroxylation is 1. The molecule has 0 saturated carbocycles. The van der Waals surface area contributed by atoms with Crippen LogP contribution in [-0.2, 0) is 17.8 Å². The van der Waals surface area contributed by atoms with Crippen molar-refractivity contribution in [1.82, 2.24) is 19.4 Å². The SMILES string of the molecule is CN(C)CCCn1ccnc1C1CCCN(C(=O)Cc2ccc(O)cc2)C1. The minimum absolute atomic E-state index is 0.149. The van der Waals surface area contributed by atoms with Crippen LogP contribution >= 0.6 is 0 Å². The molecule has 1 aromatic carbocycles. The predicted octanol–water partition coefficient (Wildman–Crippen LogP) is 2.49. The van der Waals surface area contributed by atoms with E-state index in [0.717, 1.165) is 56.8 Å². The van der Waals surface area contributed by atoms with Gasteiger partial charge in [-0.15, -0.1) is 0 Å². The third kappa shape index (κ3) is 5.32. The Morgan fingerprint density at radius 1 is 1.30 bits per heavy atom. The molecule has 1 aliphatic rings. The molecule has 0 radical (unpaired) electrons. The number of hydrogen-bond acceptors (Lipinski definition) is 4. The van der Waals surface area contributed by atoms with E-state index in [-0.39, 0.29) is 11.7 Å². The number of benzene rings is 1. The Morgan fingerprint density at radius 2 is 2.07 bits per heavy atom. The van der Waals surface area contributed by atoms with Crippen molar-refractivity contribution < 1.29 is 9.90 Å². The normalized spacial score (nSPS) is 17.4. The summed E-state index contributed by atoms with van der Waals surface area (Å²) in [6, 6.07) is 6.89.